The molecule has 0 saturated carbocycles. The Kier molecular flexibility index (Phi) is 3.63. The van der Waals surface area contributed by atoms with Gasteiger partial charge >= 0.3 is 0 Å². The molecule has 0 radical (unpaired) electrons. The molecule has 0 aliphatic carbocycles. The van der Waals surface area contributed by atoms with Crippen molar-refractivity contribution in [2.75, 3.05) is 0 Å². The number of pyridine rings is 1. The van der Waals surface area contributed by atoms with E-state index in [0.29, 0.717) is 16.8 Å². The monoisotopic (exact) mass is 297 g/mol. The van der Waals surface area contributed by atoms with E-state index in [9.17, 15) is 4.79 Å². The third-order valence-electron chi connectivity index (χ3n) is 1.83. The third-order valence-corrected chi connectivity index (χ3v) is 3.05. The molecule has 2 heterocycles. The second-order valence-corrected chi connectivity index (χ2v) is 4.75. The van der Waals surface area contributed by atoms with E-state index in [4.69, 9.17) is 0 Å². The van der Waals surface area contributed by atoms with Crippen molar-refractivity contribution in [3.63, 3.8) is 0 Å². The van der Waals surface area contributed by atoms with Crippen LogP contribution in [0.2, 0.25) is 0 Å². The molecular formula is C10H8BrN3OS. The number of nitrogens with zero attached hydrogens (tertiary/aromatic N) is 2. The first kappa shape index (κ1) is 11.2. The van der Waals surface area contributed by atoms with Gasteiger partial charge in [0.15, 0.2) is 0 Å². The summed E-state index contributed by atoms with van der Waals surface area (Å²) >= 11 is 4.73. The van der Waals surface area contributed by atoms with Gasteiger partial charge in [0.05, 0.1) is 6.54 Å². The van der Waals surface area contributed by atoms with Crippen molar-refractivity contribution in [2.45, 2.75) is 6.54 Å². The molecule has 0 aliphatic rings. The Morgan fingerprint density at radius 3 is 3.06 bits per heavy atom. The predicted octanol–water partition coefficient (Wildman–Crippen LogP) is 2.23. The molecule has 2 rings (SSSR count). The molecule has 2 aromatic heterocycles. The van der Waals surface area contributed by atoms with E-state index in [1.54, 1.807) is 24.4 Å². The molecule has 4 nitrogen and oxygen atoms in total. The normalized spacial score (nSPS) is 10.1. The summed E-state index contributed by atoms with van der Waals surface area (Å²) in [6.07, 6.45) is 1.71. The van der Waals surface area contributed by atoms with Crippen molar-refractivity contribution in [2.24, 2.45) is 0 Å². The van der Waals surface area contributed by atoms with Crippen molar-refractivity contribution < 1.29 is 4.79 Å². The molecule has 6 heteroatoms. The minimum Gasteiger partial charge on any atom is -0.344 e. The summed E-state index contributed by atoms with van der Waals surface area (Å²) in [6.45, 7) is 0.435. The number of nitrogens with one attached hydrogen (secondary N) is 1. The number of carbonyl (C=O) groups excluding carboxylic acids is 1. The van der Waals surface area contributed by atoms with E-state index in [2.05, 4.69) is 31.2 Å². The molecule has 0 bridgehead atoms. The van der Waals surface area contributed by atoms with E-state index < -0.39 is 0 Å². The lowest BCUT2D eigenvalue weighted by molar-refractivity contribution is 0.0945. The van der Waals surface area contributed by atoms with E-state index in [1.807, 2.05) is 5.38 Å². The lowest BCUT2D eigenvalue weighted by Crippen LogP contribution is -2.23. The molecule has 0 fully saturated rings. The van der Waals surface area contributed by atoms with Gasteiger partial charge in [-0.05, 0) is 28.1 Å². The number of thiazole rings is 1. The number of rotatable bonds is 3. The summed E-state index contributed by atoms with van der Waals surface area (Å²) in [7, 11) is 0. The summed E-state index contributed by atoms with van der Waals surface area (Å²) in [4.78, 5) is 19.8. The van der Waals surface area contributed by atoms with E-state index in [1.165, 1.54) is 11.3 Å². The molecule has 0 spiro atoms. The van der Waals surface area contributed by atoms with Gasteiger partial charge in [-0.25, -0.2) is 9.97 Å². The van der Waals surface area contributed by atoms with Gasteiger partial charge in [0.25, 0.3) is 5.91 Å². The van der Waals surface area contributed by atoms with E-state index >= 15 is 0 Å². The van der Waals surface area contributed by atoms with Crippen LogP contribution in [0.25, 0.3) is 0 Å². The molecule has 0 atom stereocenters. The molecule has 0 saturated heterocycles. The maximum absolute atomic E-state index is 11.7. The van der Waals surface area contributed by atoms with Crippen molar-refractivity contribution in [1.29, 1.82) is 0 Å². The van der Waals surface area contributed by atoms with Crippen LogP contribution in [0.3, 0.4) is 0 Å². The van der Waals surface area contributed by atoms with Crippen LogP contribution >= 0.6 is 27.3 Å². The topological polar surface area (TPSA) is 54.9 Å². The zero-order chi connectivity index (χ0) is 11.4. The van der Waals surface area contributed by atoms with Gasteiger partial charge in [-0.1, -0.05) is 6.07 Å². The Balaban J connectivity index is 1.98. The lowest BCUT2D eigenvalue weighted by atomic mass is 10.3. The van der Waals surface area contributed by atoms with Crippen LogP contribution < -0.4 is 5.32 Å². The molecule has 16 heavy (non-hydrogen) atoms. The maximum Gasteiger partial charge on any atom is 0.270 e. The summed E-state index contributed by atoms with van der Waals surface area (Å²) in [5.41, 5.74) is 0.394. The minimum absolute atomic E-state index is 0.198. The first-order chi connectivity index (χ1) is 7.75. The van der Waals surface area contributed by atoms with Gasteiger partial charge in [0, 0.05) is 11.6 Å². The Morgan fingerprint density at radius 1 is 1.50 bits per heavy atom. The number of aromatic nitrogens is 2. The molecule has 2 aromatic rings. The quantitative estimate of drug-likeness (QED) is 0.884. The highest BCUT2D eigenvalue weighted by atomic mass is 79.9. The zero-order valence-electron chi connectivity index (χ0n) is 8.18. The van der Waals surface area contributed by atoms with Crippen molar-refractivity contribution in [3.8, 4) is 0 Å². The highest BCUT2D eigenvalue weighted by Crippen LogP contribution is 2.07. The van der Waals surface area contributed by atoms with Crippen LogP contribution in [0.5, 0.6) is 0 Å². The average molecular weight is 298 g/mol. The molecule has 82 valence electrons. The Bertz CT molecular complexity index is 487. The molecule has 0 aliphatic heterocycles. The smallest absolute Gasteiger partial charge is 0.270 e. The Labute approximate surface area is 105 Å². The summed E-state index contributed by atoms with van der Waals surface area (Å²) in [5, 5.41) is 5.51. The second-order valence-electron chi connectivity index (χ2n) is 2.95. The van der Waals surface area contributed by atoms with Crippen LogP contribution in [0.4, 0.5) is 0 Å². The zero-order valence-corrected chi connectivity index (χ0v) is 10.6. The van der Waals surface area contributed by atoms with Crippen LogP contribution in [0.15, 0.2) is 34.4 Å². The summed E-state index contributed by atoms with van der Waals surface area (Å²) in [6, 6.07) is 5.22. The fourth-order valence-corrected chi connectivity index (χ4v) is 2.02. The van der Waals surface area contributed by atoms with Gasteiger partial charge in [0.1, 0.15) is 15.3 Å². The van der Waals surface area contributed by atoms with Crippen LogP contribution in [0, 0.1) is 0 Å². The number of hydrogen-bond acceptors (Lipinski definition) is 4. The van der Waals surface area contributed by atoms with Gasteiger partial charge in [0.2, 0.25) is 0 Å². The van der Waals surface area contributed by atoms with Gasteiger partial charge in [-0.3, -0.25) is 4.79 Å². The molecule has 0 unspecified atom stereocenters. The molecule has 0 aromatic carbocycles. The minimum atomic E-state index is -0.198. The predicted molar refractivity (Wildman–Crippen MR) is 65.2 cm³/mol. The van der Waals surface area contributed by atoms with Crippen molar-refractivity contribution in [3.05, 3.63) is 45.1 Å². The Morgan fingerprint density at radius 2 is 2.38 bits per heavy atom. The molecule has 1 amide bonds. The van der Waals surface area contributed by atoms with Crippen molar-refractivity contribution in [1.82, 2.24) is 15.3 Å². The first-order valence-corrected chi connectivity index (χ1v) is 6.22. The molecule has 1 N–H and O–H groups in total. The SMILES string of the molecule is O=C(NCc1nccs1)c1cccc(Br)n1. The lowest BCUT2D eigenvalue weighted by Gasteiger charge is -2.02. The molecular weight excluding hydrogens is 290 g/mol. The number of carbonyl (C=O) groups is 1. The number of amides is 1. The Hall–Kier alpha value is -1.27. The highest BCUT2D eigenvalue weighted by molar-refractivity contribution is 9.10. The van der Waals surface area contributed by atoms with Crippen LogP contribution in [0.1, 0.15) is 15.5 Å². The second kappa shape index (κ2) is 5.18. The van der Waals surface area contributed by atoms with Gasteiger partial charge in [-0.15, -0.1) is 11.3 Å². The maximum atomic E-state index is 11.7. The van der Waals surface area contributed by atoms with Crippen LogP contribution in [-0.4, -0.2) is 15.9 Å². The number of hydrogen-bond donors (Lipinski definition) is 1. The fourth-order valence-electron chi connectivity index (χ4n) is 1.12. The third kappa shape index (κ3) is 2.86. The van der Waals surface area contributed by atoms with Crippen molar-refractivity contribution >= 4 is 33.2 Å². The summed E-state index contributed by atoms with van der Waals surface area (Å²) < 4.78 is 0.648. The highest BCUT2D eigenvalue weighted by Gasteiger charge is 2.07. The van der Waals surface area contributed by atoms with Crippen LogP contribution in [-0.2, 0) is 6.54 Å². The van der Waals surface area contributed by atoms with E-state index in [-0.39, 0.29) is 5.91 Å². The van der Waals surface area contributed by atoms with Gasteiger partial charge < -0.3 is 5.32 Å². The largest absolute Gasteiger partial charge is 0.344 e. The first-order valence-electron chi connectivity index (χ1n) is 4.55. The summed E-state index contributed by atoms with van der Waals surface area (Å²) in [5.74, 6) is -0.198. The van der Waals surface area contributed by atoms with E-state index in [0.717, 1.165) is 5.01 Å². The average Bonchev–Trinajstić information content (AvgIpc) is 2.78. The fraction of sp³-hybridized carbons (Fsp3) is 0.100. The number of halogens is 1. The van der Waals surface area contributed by atoms with Gasteiger partial charge in [-0.2, -0.15) is 0 Å². The standard InChI is InChI=1S/C10H8BrN3OS/c11-8-3-1-2-7(14-8)10(15)13-6-9-12-4-5-16-9/h1-5H,6H2,(H,13,15).